The third-order valence-corrected chi connectivity index (χ3v) is 25.3. The summed E-state index contributed by atoms with van der Waals surface area (Å²) < 4.78 is 49.9. The lowest BCUT2D eigenvalue weighted by atomic mass is 9.47. The Labute approximate surface area is 589 Å². The zero-order valence-corrected chi connectivity index (χ0v) is 61.8. The molecule has 4 heterocycles. The number of carbonyl (C=O) groups is 7. The molecule has 0 N–H and O–H groups in total. The number of fused-ring (bicyclic) bond motifs is 11. The van der Waals surface area contributed by atoms with E-state index in [0.717, 1.165) is 78.4 Å². The maximum absolute atomic E-state index is 12.1. The van der Waals surface area contributed by atoms with Crippen LogP contribution in [-0.4, -0.2) is 101 Å². The van der Waals surface area contributed by atoms with Crippen LogP contribution in [0, 0.1) is 94.7 Å². The molecule has 17 atom stereocenters. The van der Waals surface area contributed by atoms with E-state index in [1.165, 1.54) is 89.9 Å². The van der Waals surface area contributed by atoms with Crippen molar-refractivity contribution in [2.24, 2.45) is 94.7 Å². The van der Waals surface area contributed by atoms with Gasteiger partial charge in [-0.2, -0.15) is 0 Å². The van der Waals surface area contributed by atoms with E-state index < -0.39 is 18.2 Å². The Balaban J connectivity index is 0.000000129. The van der Waals surface area contributed by atoms with E-state index in [4.69, 9.17) is 42.6 Å². The first-order valence-electron chi connectivity index (χ1n) is 37.5. The lowest BCUT2D eigenvalue weighted by Crippen LogP contribution is -2.62. The molecule has 1 aromatic carbocycles. The van der Waals surface area contributed by atoms with Crippen molar-refractivity contribution < 1.29 is 76.2 Å². The summed E-state index contributed by atoms with van der Waals surface area (Å²) in [5.41, 5.74) is 2.58. The second-order valence-corrected chi connectivity index (χ2v) is 34.0. The Morgan fingerprint density at radius 3 is 1.65 bits per heavy atom. The molecule has 0 spiro atoms. The highest BCUT2D eigenvalue weighted by molar-refractivity contribution is 5.89. The average Bonchev–Trinajstić information content (AvgIpc) is 1.61. The van der Waals surface area contributed by atoms with Gasteiger partial charge in [0.1, 0.15) is 46.5 Å². The first-order valence-corrected chi connectivity index (χ1v) is 37.5. The van der Waals surface area contributed by atoms with Gasteiger partial charge >= 0.3 is 41.8 Å². The molecule has 16 nitrogen and oxygen atoms in total. The highest BCUT2D eigenvalue weighted by Crippen LogP contribution is 2.71. The molecule has 17 unspecified atom stereocenters. The summed E-state index contributed by atoms with van der Waals surface area (Å²) in [5.74, 6) is 8.77. The van der Waals surface area contributed by atoms with Crippen LogP contribution in [0.25, 0.3) is 6.08 Å². The fraction of sp³-hybridized carbons (Fsp3) is 0.699. The van der Waals surface area contributed by atoms with Gasteiger partial charge < -0.3 is 42.6 Å². The molecule has 544 valence electrons. The van der Waals surface area contributed by atoms with Gasteiger partial charge in [0.15, 0.2) is 12.2 Å². The summed E-state index contributed by atoms with van der Waals surface area (Å²) in [5, 5.41) is 0. The first-order chi connectivity index (χ1) is 46.6. The standard InChI is InChI=1S/C18H26O2.C17H26O2.C13H22O2.C12H14O4.C12H16O.C11H12O5/c1-4-18(20-17(19)10(2)3)9-13-8-14(18)16-12-6-5-11(7-12)15(13)16;1-10(2)16(18)19-17(11(3)4)14-6-12-5-13(8-14)9-15(17)7-12;1-10(2)12(14)15-13(3,4)11-8-6-5-7-9-11;1-5(2)11(13)15-9-6-3-7-8(4-6)12(14)16-10(7)9;1-5-10-6-8-11(9-7-10)13-12(2,3)4;1-4(2)10(12)15-8-6-3-5-7(14-6)9(8)16-11(5)13/h11-16H,2,4-9H2,1,3H3;11-15H,1,5-9H2,2-4H3;11H,1,5-9H2,2-4H3;6-10H,1,3-4H2,2H3;5-9H,1H2,2-4H3;5-9H,1,3H2,2H3. The Morgan fingerprint density at radius 1 is 0.576 bits per heavy atom. The van der Waals surface area contributed by atoms with Crippen LogP contribution in [0.3, 0.4) is 0 Å². The van der Waals surface area contributed by atoms with E-state index in [-0.39, 0.29) is 100 Å². The topological polar surface area (TPSA) is 203 Å². The quantitative estimate of drug-likeness (QED) is 0.0693. The number of hydrogen-bond donors (Lipinski definition) is 0. The summed E-state index contributed by atoms with van der Waals surface area (Å²) >= 11 is 0. The molecule has 15 fully saturated rings. The lowest BCUT2D eigenvalue weighted by molar-refractivity contribution is -0.221. The van der Waals surface area contributed by atoms with Gasteiger partial charge in [0.2, 0.25) is 0 Å². The average molecular weight is 1370 g/mol. The molecule has 4 aliphatic heterocycles. The fourth-order valence-electron chi connectivity index (χ4n) is 21.1. The molecule has 11 aliphatic carbocycles. The highest BCUT2D eigenvalue weighted by Gasteiger charge is 2.69. The molecule has 4 saturated heterocycles. The van der Waals surface area contributed by atoms with Crippen LogP contribution in [0.2, 0.25) is 0 Å². The van der Waals surface area contributed by atoms with E-state index in [2.05, 4.69) is 60.2 Å². The molecule has 12 bridgehead atoms. The molecule has 16 rings (SSSR count). The second kappa shape index (κ2) is 30.0. The molecule has 11 saturated carbocycles. The van der Waals surface area contributed by atoms with Crippen molar-refractivity contribution in [3.63, 3.8) is 0 Å². The van der Waals surface area contributed by atoms with Crippen LogP contribution < -0.4 is 4.74 Å². The Morgan fingerprint density at radius 2 is 1.11 bits per heavy atom. The Hall–Kier alpha value is -6.29. The van der Waals surface area contributed by atoms with Crippen molar-refractivity contribution in [1.82, 2.24) is 0 Å². The zero-order chi connectivity index (χ0) is 72.1. The van der Waals surface area contributed by atoms with Gasteiger partial charge in [-0.1, -0.05) is 97.7 Å². The smallest absolute Gasteiger partial charge is 0.333 e. The van der Waals surface area contributed by atoms with Crippen LogP contribution in [0.15, 0.2) is 91.6 Å². The third-order valence-electron chi connectivity index (χ3n) is 25.3. The Kier molecular flexibility index (Phi) is 22.8. The number of carbonyl (C=O) groups excluding carboxylic acids is 7. The minimum absolute atomic E-state index is 0.0646. The van der Waals surface area contributed by atoms with Gasteiger partial charge in [0, 0.05) is 45.6 Å². The molecule has 15 aliphatic rings. The number of esters is 7. The van der Waals surface area contributed by atoms with Crippen molar-refractivity contribution in [3.8, 4) is 5.75 Å². The van der Waals surface area contributed by atoms with E-state index in [1.807, 2.05) is 65.0 Å². The number of hydrogen-bond acceptors (Lipinski definition) is 16. The van der Waals surface area contributed by atoms with Crippen molar-refractivity contribution >= 4 is 47.9 Å². The molecule has 16 heteroatoms. The van der Waals surface area contributed by atoms with Gasteiger partial charge in [0.05, 0.1) is 17.9 Å². The third kappa shape index (κ3) is 15.7. The van der Waals surface area contributed by atoms with E-state index in [9.17, 15) is 33.6 Å². The molecule has 1 aromatic rings. The molecule has 0 amide bonds. The normalized spacial score (nSPS) is 37.0. The van der Waals surface area contributed by atoms with Crippen LogP contribution >= 0.6 is 0 Å². The minimum Gasteiger partial charge on any atom is -0.488 e. The SMILES string of the molecule is C=C(C)C(=O)OC(C)(C)C1CCCCC1.C=C(C)C(=O)OC1(C(C)C)C2CC3CC(C2)CC1C3.C=C(C)C(=O)OC1(CC)CC2CC1C1C3CCC(C3)C21.C=C(C)C(=O)OC1C2CC3C(=O)OC1C3C2.C=C(C)C(=O)OC1C2CC3C(=O)OC1C3O2.C=Cc1ccc(OC(C)(C)C)cc1. The van der Waals surface area contributed by atoms with Crippen molar-refractivity contribution in [2.45, 2.75) is 271 Å². The van der Waals surface area contributed by atoms with Crippen LogP contribution in [-0.2, 0) is 71.5 Å². The van der Waals surface area contributed by atoms with Crippen molar-refractivity contribution in [1.29, 1.82) is 0 Å². The minimum atomic E-state index is -0.461. The number of rotatable bonds is 15. The molecular weight excluding hydrogens is 1250 g/mol. The molecule has 99 heavy (non-hydrogen) atoms. The van der Waals surface area contributed by atoms with Crippen LogP contribution in [0.4, 0.5) is 0 Å². The largest absolute Gasteiger partial charge is 0.488 e. The summed E-state index contributed by atoms with van der Waals surface area (Å²) in [6.07, 6.45) is 23.0. The van der Waals surface area contributed by atoms with Crippen molar-refractivity contribution in [3.05, 3.63) is 97.2 Å². The van der Waals surface area contributed by atoms with E-state index in [0.29, 0.717) is 69.8 Å². The lowest BCUT2D eigenvalue weighted by Gasteiger charge is -2.61. The predicted molar refractivity (Wildman–Crippen MR) is 378 cm³/mol. The summed E-state index contributed by atoms with van der Waals surface area (Å²) in [7, 11) is 0. The summed E-state index contributed by atoms with van der Waals surface area (Å²) in [6.45, 7) is 47.1. The highest BCUT2D eigenvalue weighted by atomic mass is 16.7. The van der Waals surface area contributed by atoms with Gasteiger partial charge in [-0.05, 0) is 255 Å². The fourth-order valence-corrected chi connectivity index (χ4v) is 21.1. The maximum atomic E-state index is 12.1. The van der Waals surface area contributed by atoms with Crippen LogP contribution in [0.1, 0.15) is 218 Å². The van der Waals surface area contributed by atoms with Gasteiger partial charge in [-0.15, -0.1) is 0 Å². The Bertz CT molecular complexity index is 3180. The molecule has 0 radical (unpaired) electrons. The van der Waals surface area contributed by atoms with Gasteiger partial charge in [-0.25, -0.2) is 24.0 Å². The van der Waals surface area contributed by atoms with Crippen LogP contribution in [0.5, 0.6) is 5.75 Å². The summed E-state index contributed by atoms with van der Waals surface area (Å²) in [6, 6.07) is 7.91. The zero-order valence-electron chi connectivity index (χ0n) is 61.8. The van der Waals surface area contributed by atoms with Gasteiger partial charge in [-0.3, -0.25) is 9.59 Å². The summed E-state index contributed by atoms with van der Waals surface area (Å²) in [4.78, 5) is 81.4. The second-order valence-electron chi connectivity index (χ2n) is 34.0. The molecular formula is C83H116O16. The number of ether oxygens (including phenoxy) is 9. The first kappa shape index (κ1) is 75.4. The molecule has 0 aromatic heterocycles. The number of benzene rings is 1. The van der Waals surface area contributed by atoms with E-state index >= 15 is 0 Å². The van der Waals surface area contributed by atoms with Crippen molar-refractivity contribution in [2.75, 3.05) is 0 Å². The predicted octanol–water partition coefficient (Wildman–Crippen LogP) is 16.1. The van der Waals surface area contributed by atoms with E-state index in [1.54, 1.807) is 34.6 Å². The van der Waals surface area contributed by atoms with Gasteiger partial charge in [0.25, 0.3) is 0 Å². The maximum Gasteiger partial charge on any atom is 0.333 e. The monoisotopic (exact) mass is 1370 g/mol.